The summed E-state index contributed by atoms with van der Waals surface area (Å²) in [6.07, 6.45) is 6.55. The van der Waals surface area contributed by atoms with Crippen molar-refractivity contribution in [1.82, 2.24) is 19.7 Å². The van der Waals surface area contributed by atoms with E-state index in [4.69, 9.17) is 9.84 Å². The number of fused-ring (bicyclic) bond motifs is 1. The van der Waals surface area contributed by atoms with Gasteiger partial charge in [0.2, 0.25) is 0 Å². The third kappa shape index (κ3) is 7.06. The van der Waals surface area contributed by atoms with Gasteiger partial charge in [0.15, 0.2) is 0 Å². The molecule has 1 saturated heterocycles. The van der Waals surface area contributed by atoms with Gasteiger partial charge in [-0.3, -0.25) is 10.6 Å². The molecule has 3 aromatic carbocycles. The Bertz CT molecular complexity index is 1810. The molecule has 10 nitrogen and oxygen atoms in total. The number of aryl methyl sites for hydroxylation is 2. The van der Waals surface area contributed by atoms with Crippen molar-refractivity contribution in [1.29, 1.82) is 0 Å². The summed E-state index contributed by atoms with van der Waals surface area (Å²) in [4.78, 5) is 31.9. The van der Waals surface area contributed by atoms with E-state index in [9.17, 15) is 9.59 Å². The van der Waals surface area contributed by atoms with Crippen LogP contribution in [0.2, 0.25) is 0 Å². The van der Waals surface area contributed by atoms with Crippen LogP contribution in [-0.2, 0) is 6.42 Å². The van der Waals surface area contributed by atoms with Crippen molar-refractivity contribution >= 4 is 40.2 Å². The molecule has 0 unspecified atom stereocenters. The molecule has 1 aliphatic rings. The molecular formula is C35H37N7O3. The van der Waals surface area contributed by atoms with Crippen LogP contribution in [0.25, 0.3) is 16.5 Å². The summed E-state index contributed by atoms with van der Waals surface area (Å²) in [6, 6.07) is 24.2. The number of carbonyl (C=O) groups is 2. The van der Waals surface area contributed by atoms with E-state index >= 15 is 0 Å². The van der Waals surface area contributed by atoms with E-state index in [0.717, 1.165) is 72.9 Å². The Morgan fingerprint density at radius 1 is 0.889 bits per heavy atom. The first-order valence-electron chi connectivity index (χ1n) is 15.4. The van der Waals surface area contributed by atoms with Gasteiger partial charge in [0, 0.05) is 42.2 Å². The maximum Gasteiger partial charge on any atom is 0.324 e. The number of aromatic nitrogens is 3. The molecule has 4 amide bonds. The van der Waals surface area contributed by atoms with Crippen LogP contribution in [0, 0.1) is 6.92 Å². The van der Waals surface area contributed by atoms with Gasteiger partial charge in [-0.2, -0.15) is 5.10 Å². The van der Waals surface area contributed by atoms with Crippen LogP contribution in [0.1, 0.15) is 43.9 Å². The first-order valence-corrected chi connectivity index (χ1v) is 15.4. The number of rotatable bonds is 9. The predicted molar refractivity (Wildman–Crippen MR) is 178 cm³/mol. The predicted octanol–water partition coefficient (Wildman–Crippen LogP) is 8.14. The highest BCUT2D eigenvalue weighted by molar-refractivity contribution is 6.07. The SMILES string of the molecule is CCCCc1cc(NC(=O)Nc2ccc(Oc3ccnc(NC(=O)N4CCCC4)c3)c3ccccc23)n(-c2ccc(C)cc2)n1. The van der Waals surface area contributed by atoms with Gasteiger partial charge in [0.05, 0.1) is 17.1 Å². The number of anilines is 3. The van der Waals surface area contributed by atoms with Crippen LogP contribution in [0.4, 0.5) is 26.9 Å². The fraction of sp³-hybridized carbons (Fsp3) is 0.257. The number of pyridine rings is 1. The maximum absolute atomic E-state index is 13.3. The molecule has 0 radical (unpaired) electrons. The zero-order valence-corrected chi connectivity index (χ0v) is 25.5. The number of unbranched alkanes of at least 4 members (excludes halogenated alkanes) is 1. The summed E-state index contributed by atoms with van der Waals surface area (Å²) in [6.45, 7) is 5.69. The number of nitrogens with zero attached hydrogens (tertiary/aromatic N) is 4. The van der Waals surface area contributed by atoms with E-state index < -0.39 is 0 Å². The molecule has 0 atom stereocenters. The minimum atomic E-state index is -0.378. The Balaban J connectivity index is 1.20. The number of amides is 4. The minimum Gasteiger partial charge on any atom is -0.457 e. The highest BCUT2D eigenvalue weighted by atomic mass is 16.5. The van der Waals surface area contributed by atoms with Crippen molar-refractivity contribution < 1.29 is 14.3 Å². The molecule has 3 N–H and O–H groups in total. The number of nitrogens with one attached hydrogen (secondary N) is 3. The van der Waals surface area contributed by atoms with Gasteiger partial charge in [-0.1, -0.05) is 55.3 Å². The Kier molecular flexibility index (Phi) is 8.91. The van der Waals surface area contributed by atoms with E-state index in [1.165, 1.54) is 0 Å². The molecule has 0 bridgehead atoms. The van der Waals surface area contributed by atoms with Crippen LogP contribution in [0.3, 0.4) is 0 Å². The van der Waals surface area contributed by atoms with Gasteiger partial charge < -0.3 is 15.0 Å². The second-order valence-corrected chi connectivity index (χ2v) is 11.2. The van der Waals surface area contributed by atoms with Crippen molar-refractivity contribution in [2.45, 2.75) is 46.0 Å². The van der Waals surface area contributed by atoms with Crippen molar-refractivity contribution in [3.8, 4) is 17.2 Å². The molecule has 0 spiro atoms. The number of hydrogen-bond acceptors (Lipinski definition) is 5. The number of urea groups is 2. The number of benzene rings is 3. The third-order valence-electron chi connectivity index (χ3n) is 7.79. The lowest BCUT2D eigenvalue weighted by Crippen LogP contribution is -2.32. The molecule has 230 valence electrons. The molecule has 1 fully saturated rings. The Morgan fingerprint density at radius 2 is 1.67 bits per heavy atom. The van der Waals surface area contributed by atoms with Crippen LogP contribution < -0.4 is 20.7 Å². The highest BCUT2D eigenvalue weighted by Crippen LogP contribution is 2.35. The summed E-state index contributed by atoms with van der Waals surface area (Å²) >= 11 is 0. The summed E-state index contributed by atoms with van der Waals surface area (Å²) < 4.78 is 8.03. The summed E-state index contributed by atoms with van der Waals surface area (Å²) in [5, 5.41) is 15.3. The molecule has 0 saturated carbocycles. The molecule has 45 heavy (non-hydrogen) atoms. The number of ether oxygens (including phenoxy) is 1. The monoisotopic (exact) mass is 603 g/mol. The molecule has 10 heteroatoms. The lowest BCUT2D eigenvalue weighted by atomic mass is 10.1. The van der Waals surface area contributed by atoms with E-state index in [2.05, 4.69) is 27.9 Å². The Morgan fingerprint density at radius 3 is 2.44 bits per heavy atom. The quantitative estimate of drug-likeness (QED) is 0.157. The average molecular weight is 604 g/mol. The summed E-state index contributed by atoms with van der Waals surface area (Å²) in [5.41, 5.74) is 3.59. The van der Waals surface area contributed by atoms with Gasteiger partial charge >= 0.3 is 12.1 Å². The van der Waals surface area contributed by atoms with Crippen molar-refractivity contribution in [2.75, 3.05) is 29.0 Å². The standard InChI is InChI=1S/C35H37N7O3/c1-3-4-9-25-22-33(42(40-25)26-14-12-24(2)13-15-26)39-34(43)37-30-16-17-31(29-11-6-5-10-28(29)30)45-27-18-19-36-32(23-27)38-35(44)41-20-7-8-21-41/h5-6,10-19,22-23H,3-4,7-9,20-21H2,1-2H3,(H,36,38,44)(H2,37,39,43). The third-order valence-corrected chi connectivity index (χ3v) is 7.79. The van der Waals surface area contributed by atoms with Gasteiger partial charge in [0.25, 0.3) is 0 Å². The van der Waals surface area contributed by atoms with Crippen molar-refractivity contribution in [3.63, 3.8) is 0 Å². The van der Waals surface area contributed by atoms with E-state index in [-0.39, 0.29) is 12.1 Å². The summed E-state index contributed by atoms with van der Waals surface area (Å²) in [5.74, 6) is 2.16. The zero-order valence-electron chi connectivity index (χ0n) is 25.5. The molecule has 2 aromatic heterocycles. The van der Waals surface area contributed by atoms with Crippen LogP contribution in [0.15, 0.2) is 85.1 Å². The highest BCUT2D eigenvalue weighted by Gasteiger charge is 2.19. The molecule has 6 rings (SSSR count). The fourth-order valence-corrected chi connectivity index (χ4v) is 5.40. The number of carbonyl (C=O) groups excluding carboxylic acids is 2. The Labute approximate surface area is 262 Å². The van der Waals surface area contributed by atoms with E-state index in [1.54, 1.807) is 27.9 Å². The lowest BCUT2D eigenvalue weighted by Gasteiger charge is -2.16. The smallest absolute Gasteiger partial charge is 0.324 e. The number of hydrogen-bond donors (Lipinski definition) is 3. The van der Waals surface area contributed by atoms with Crippen LogP contribution >= 0.6 is 0 Å². The second kappa shape index (κ2) is 13.5. The fourth-order valence-electron chi connectivity index (χ4n) is 5.40. The lowest BCUT2D eigenvalue weighted by molar-refractivity contribution is 0.222. The Hall–Kier alpha value is -5.38. The number of likely N-dealkylation sites (tertiary alicyclic amines) is 1. The molecule has 1 aliphatic heterocycles. The van der Waals surface area contributed by atoms with Gasteiger partial charge in [-0.25, -0.2) is 19.3 Å². The topological polar surface area (TPSA) is 113 Å². The first kappa shape index (κ1) is 29.7. The van der Waals surface area contributed by atoms with Gasteiger partial charge in [-0.05, 0) is 62.9 Å². The minimum absolute atomic E-state index is 0.157. The van der Waals surface area contributed by atoms with Crippen LogP contribution in [0.5, 0.6) is 11.5 Å². The first-order chi connectivity index (χ1) is 22.0. The second-order valence-electron chi connectivity index (χ2n) is 11.2. The van der Waals surface area contributed by atoms with Gasteiger partial charge in [0.1, 0.15) is 23.1 Å². The zero-order chi connectivity index (χ0) is 31.2. The van der Waals surface area contributed by atoms with E-state index in [0.29, 0.717) is 28.8 Å². The van der Waals surface area contributed by atoms with Crippen molar-refractivity contribution in [3.05, 3.63) is 96.3 Å². The largest absolute Gasteiger partial charge is 0.457 e. The summed E-state index contributed by atoms with van der Waals surface area (Å²) in [7, 11) is 0. The normalized spacial score (nSPS) is 12.7. The maximum atomic E-state index is 13.3. The molecular weight excluding hydrogens is 566 g/mol. The molecule has 0 aliphatic carbocycles. The molecule has 3 heterocycles. The van der Waals surface area contributed by atoms with Gasteiger partial charge in [-0.15, -0.1) is 0 Å². The van der Waals surface area contributed by atoms with Crippen LogP contribution in [-0.4, -0.2) is 44.8 Å². The molecule has 5 aromatic rings. The van der Waals surface area contributed by atoms with Crippen molar-refractivity contribution in [2.24, 2.45) is 0 Å². The van der Waals surface area contributed by atoms with E-state index in [1.807, 2.05) is 73.7 Å². The average Bonchev–Trinajstić information content (AvgIpc) is 3.73.